The number of amides is 2. The van der Waals surface area contributed by atoms with Crippen molar-refractivity contribution >= 4 is 11.8 Å². The number of hydrogen-bond donors (Lipinski definition) is 1. The quantitative estimate of drug-likeness (QED) is 0.762. The number of piperazine rings is 1. The number of nitrogens with zero attached hydrogens (tertiary/aromatic N) is 2. The first-order valence-electron chi connectivity index (χ1n) is 6.23. The maximum absolute atomic E-state index is 11.9. The molecule has 2 unspecified atom stereocenters. The first-order chi connectivity index (χ1) is 7.97. The third kappa shape index (κ3) is 3.43. The molecule has 0 aromatic carbocycles. The summed E-state index contributed by atoms with van der Waals surface area (Å²) in [6.07, 6.45) is -0.113. The molecule has 2 atom stereocenters. The number of aliphatic hydroxyl groups is 1. The smallest absolute Gasteiger partial charge is 0.251 e. The van der Waals surface area contributed by atoms with Crippen molar-refractivity contribution in [3.05, 3.63) is 0 Å². The Kier molecular flexibility index (Phi) is 4.93. The predicted molar refractivity (Wildman–Crippen MR) is 64.3 cm³/mol. The van der Waals surface area contributed by atoms with Crippen LogP contribution in [0.25, 0.3) is 0 Å². The minimum absolute atomic E-state index is 0.0500. The van der Waals surface area contributed by atoms with Crippen LogP contribution < -0.4 is 0 Å². The van der Waals surface area contributed by atoms with Gasteiger partial charge in [-0.2, -0.15) is 0 Å². The van der Waals surface area contributed by atoms with E-state index in [0.29, 0.717) is 26.2 Å². The molecule has 0 aromatic heterocycles. The fourth-order valence-corrected chi connectivity index (χ4v) is 1.90. The first-order valence-corrected chi connectivity index (χ1v) is 6.23. The van der Waals surface area contributed by atoms with E-state index in [0.717, 1.165) is 6.42 Å². The maximum atomic E-state index is 11.9. The monoisotopic (exact) mass is 242 g/mol. The van der Waals surface area contributed by atoms with Gasteiger partial charge in [0.15, 0.2) is 0 Å². The second-order valence-corrected chi connectivity index (χ2v) is 4.64. The molecule has 1 rings (SSSR count). The zero-order chi connectivity index (χ0) is 13.0. The van der Waals surface area contributed by atoms with Crippen LogP contribution in [0.2, 0.25) is 0 Å². The second-order valence-electron chi connectivity index (χ2n) is 4.64. The molecular formula is C12H22N2O3. The molecule has 1 aliphatic heterocycles. The predicted octanol–water partition coefficient (Wildman–Crippen LogP) is 0.0841. The highest BCUT2D eigenvalue weighted by molar-refractivity contribution is 5.81. The number of aliphatic hydroxyl groups excluding tert-OH is 1. The standard InChI is InChI=1S/C12H22N2O3/c1-4-9(2)11(16)13-5-7-14(8-6-13)12(17)10(3)15/h9-10,15H,4-8H2,1-3H3. The zero-order valence-corrected chi connectivity index (χ0v) is 10.8. The molecule has 0 aromatic rings. The lowest BCUT2D eigenvalue weighted by Gasteiger charge is -2.36. The normalized spacial score (nSPS) is 20.0. The Hall–Kier alpha value is -1.10. The van der Waals surface area contributed by atoms with Crippen LogP contribution in [0, 0.1) is 5.92 Å². The average Bonchev–Trinajstić information content (AvgIpc) is 2.36. The number of rotatable bonds is 3. The van der Waals surface area contributed by atoms with Gasteiger partial charge in [-0.15, -0.1) is 0 Å². The highest BCUT2D eigenvalue weighted by atomic mass is 16.3. The SMILES string of the molecule is CCC(C)C(=O)N1CCN(C(=O)C(C)O)CC1. The van der Waals surface area contributed by atoms with E-state index < -0.39 is 6.10 Å². The van der Waals surface area contributed by atoms with Crippen molar-refractivity contribution in [3.8, 4) is 0 Å². The Morgan fingerprint density at radius 1 is 1.06 bits per heavy atom. The maximum Gasteiger partial charge on any atom is 0.251 e. The number of hydrogen-bond acceptors (Lipinski definition) is 3. The molecule has 0 aliphatic carbocycles. The van der Waals surface area contributed by atoms with Crippen LogP contribution >= 0.6 is 0 Å². The van der Waals surface area contributed by atoms with Crippen LogP contribution in [0.4, 0.5) is 0 Å². The molecule has 2 amide bonds. The summed E-state index contributed by atoms with van der Waals surface area (Å²) in [5.41, 5.74) is 0. The third-order valence-electron chi connectivity index (χ3n) is 3.29. The van der Waals surface area contributed by atoms with Crippen LogP contribution in [-0.4, -0.2) is 59.0 Å². The van der Waals surface area contributed by atoms with Gasteiger partial charge in [0, 0.05) is 32.1 Å². The Morgan fingerprint density at radius 2 is 1.47 bits per heavy atom. The van der Waals surface area contributed by atoms with E-state index in [1.54, 1.807) is 9.80 Å². The summed E-state index contributed by atoms with van der Waals surface area (Å²) in [6.45, 7) is 7.57. The Labute approximate surface area is 102 Å². The van der Waals surface area contributed by atoms with Crippen molar-refractivity contribution in [3.63, 3.8) is 0 Å². The first kappa shape index (κ1) is 14.0. The van der Waals surface area contributed by atoms with E-state index in [1.807, 2.05) is 13.8 Å². The van der Waals surface area contributed by atoms with Crippen molar-refractivity contribution < 1.29 is 14.7 Å². The molecule has 98 valence electrons. The topological polar surface area (TPSA) is 60.9 Å². The highest BCUT2D eigenvalue weighted by Crippen LogP contribution is 2.10. The fourth-order valence-electron chi connectivity index (χ4n) is 1.90. The molecule has 5 nitrogen and oxygen atoms in total. The van der Waals surface area contributed by atoms with Crippen molar-refractivity contribution in [1.82, 2.24) is 9.80 Å². The van der Waals surface area contributed by atoms with E-state index in [9.17, 15) is 14.7 Å². The van der Waals surface area contributed by atoms with E-state index in [1.165, 1.54) is 6.92 Å². The summed E-state index contributed by atoms with van der Waals surface area (Å²) < 4.78 is 0. The molecule has 5 heteroatoms. The van der Waals surface area contributed by atoms with Crippen molar-refractivity contribution in [1.29, 1.82) is 0 Å². The van der Waals surface area contributed by atoms with Crippen LogP contribution in [0.5, 0.6) is 0 Å². The van der Waals surface area contributed by atoms with Gasteiger partial charge in [-0.25, -0.2) is 0 Å². The average molecular weight is 242 g/mol. The Bertz CT molecular complexity index is 283. The summed E-state index contributed by atoms with van der Waals surface area (Å²) in [5, 5.41) is 9.20. The lowest BCUT2D eigenvalue weighted by atomic mass is 10.1. The van der Waals surface area contributed by atoms with Gasteiger partial charge < -0.3 is 14.9 Å². The molecule has 0 spiro atoms. The summed E-state index contributed by atoms with van der Waals surface area (Å²) >= 11 is 0. The lowest BCUT2D eigenvalue weighted by molar-refractivity contribution is -0.146. The minimum atomic E-state index is -0.952. The number of carbonyl (C=O) groups excluding carboxylic acids is 2. The molecule has 1 N–H and O–H groups in total. The fraction of sp³-hybridized carbons (Fsp3) is 0.833. The van der Waals surface area contributed by atoms with Gasteiger partial charge in [0.25, 0.3) is 5.91 Å². The Morgan fingerprint density at radius 3 is 1.82 bits per heavy atom. The van der Waals surface area contributed by atoms with Gasteiger partial charge in [0.1, 0.15) is 6.10 Å². The molecule has 0 radical (unpaired) electrons. The van der Waals surface area contributed by atoms with Gasteiger partial charge in [-0.05, 0) is 13.3 Å². The van der Waals surface area contributed by atoms with E-state index >= 15 is 0 Å². The van der Waals surface area contributed by atoms with Crippen molar-refractivity contribution in [2.45, 2.75) is 33.3 Å². The zero-order valence-electron chi connectivity index (χ0n) is 10.8. The Balaban J connectivity index is 2.46. The molecule has 0 saturated carbocycles. The van der Waals surface area contributed by atoms with Gasteiger partial charge in [0.2, 0.25) is 5.91 Å². The second kappa shape index (κ2) is 6.00. The molecular weight excluding hydrogens is 220 g/mol. The number of carbonyl (C=O) groups is 2. The largest absolute Gasteiger partial charge is 0.384 e. The van der Waals surface area contributed by atoms with Gasteiger partial charge in [0.05, 0.1) is 0 Å². The summed E-state index contributed by atoms with van der Waals surface area (Å²) in [6, 6.07) is 0. The lowest BCUT2D eigenvalue weighted by Crippen LogP contribution is -2.53. The summed E-state index contributed by atoms with van der Waals surface area (Å²) in [7, 11) is 0. The third-order valence-corrected chi connectivity index (χ3v) is 3.29. The molecule has 0 bridgehead atoms. The van der Waals surface area contributed by atoms with Crippen molar-refractivity contribution in [2.75, 3.05) is 26.2 Å². The van der Waals surface area contributed by atoms with E-state index in [4.69, 9.17) is 0 Å². The van der Waals surface area contributed by atoms with Crippen LogP contribution in [-0.2, 0) is 9.59 Å². The highest BCUT2D eigenvalue weighted by Gasteiger charge is 2.27. The van der Waals surface area contributed by atoms with E-state index in [-0.39, 0.29) is 17.7 Å². The van der Waals surface area contributed by atoms with Crippen LogP contribution in [0.3, 0.4) is 0 Å². The molecule has 17 heavy (non-hydrogen) atoms. The van der Waals surface area contributed by atoms with Gasteiger partial charge >= 0.3 is 0 Å². The molecule has 1 heterocycles. The van der Waals surface area contributed by atoms with Crippen molar-refractivity contribution in [2.24, 2.45) is 5.92 Å². The molecule has 1 saturated heterocycles. The van der Waals surface area contributed by atoms with Crippen LogP contribution in [0.15, 0.2) is 0 Å². The van der Waals surface area contributed by atoms with Crippen LogP contribution in [0.1, 0.15) is 27.2 Å². The minimum Gasteiger partial charge on any atom is -0.384 e. The van der Waals surface area contributed by atoms with E-state index in [2.05, 4.69) is 0 Å². The summed E-state index contributed by atoms with van der Waals surface area (Å²) in [4.78, 5) is 26.9. The molecule has 1 aliphatic rings. The van der Waals surface area contributed by atoms with Gasteiger partial charge in [-0.1, -0.05) is 13.8 Å². The summed E-state index contributed by atoms with van der Waals surface area (Å²) in [5.74, 6) is -0.0358. The van der Waals surface area contributed by atoms with Gasteiger partial charge in [-0.3, -0.25) is 9.59 Å². The molecule has 1 fully saturated rings.